The molecule has 0 saturated carbocycles. The van der Waals surface area contributed by atoms with Crippen LogP contribution in [0.1, 0.15) is 6.42 Å². The van der Waals surface area contributed by atoms with Crippen molar-refractivity contribution in [3.05, 3.63) is 47.0 Å². The van der Waals surface area contributed by atoms with Crippen LogP contribution in [0, 0.1) is 0 Å². The van der Waals surface area contributed by atoms with E-state index in [1.807, 2.05) is 12.3 Å². The maximum absolute atomic E-state index is 11.4. The quantitative estimate of drug-likeness (QED) is 0.822. The standard InChI is InChI=1S/C11H14N4O/c12-10-5-9-15(13-10)8-3-7-14-6-2-1-4-11(14)16/h1-2,4-6,9H,3,7-8H2,(H2,12,13). The summed E-state index contributed by atoms with van der Waals surface area (Å²) in [6.07, 6.45) is 4.48. The third kappa shape index (κ3) is 2.50. The molecule has 0 aliphatic carbocycles. The highest BCUT2D eigenvalue weighted by molar-refractivity contribution is 5.23. The molecule has 0 atom stereocenters. The van der Waals surface area contributed by atoms with Gasteiger partial charge in [0.15, 0.2) is 0 Å². The smallest absolute Gasteiger partial charge is 0.250 e. The van der Waals surface area contributed by atoms with Gasteiger partial charge in [0.25, 0.3) is 0 Å². The highest BCUT2D eigenvalue weighted by Crippen LogP contribution is 1.98. The van der Waals surface area contributed by atoms with E-state index >= 15 is 0 Å². The van der Waals surface area contributed by atoms with Gasteiger partial charge in [-0.2, -0.15) is 5.10 Å². The van der Waals surface area contributed by atoms with Crippen molar-refractivity contribution < 1.29 is 0 Å². The molecule has 2 aromatic heterocycles. The van der Waals surface area contributed by atoms with Gasteiger partial charge in [0, 0.05) is 31.5 Å². The average Bonchev–Trinajstić information content (AvgIpc) is 2.67. The van der Waals surface area contributed by atoms with Crippen molar-refractivity contribution in [2.45, 2.75) is 19.5 Å². The first kappa shape index (κ1) is 10.5. The number of hydrogen-bond donors (Lipinski definition) is 1. The van der Waals surface area contributed by atoms with Gasteiger partial charge < -0.3 is 10.3 Å². The first-order chi connectivity index (χ1) is 7.75. The van der Waals surface area contributed by atoms with Crippen LogP contribution in [0.3, 0.4) is 0 Å². The molecule has 0 radical (unpaired) electrons. The zero-order valence-electron chi connectivity index (χ0n) is 8.91. The molecular formula is C11H14N4O. The van der Waals surface area contributed by atoms with Crippen LogP contribution in [-0.4, -0.2) is 14.3 Å². The third-order valence-corrected chi connectivity index (χ3v) is 2.35. The van der Waals surface area contributed by atoms with Crippen LogP contribution >= 0.6 is 0 Å². The monoisotopic (exact) mass is 218 g/mol. The molecule has 5 nitrogen and oxygen atoms in total. The van der Waals surface area contributed by atoms with E-state index in [-0.39, 0.29) is 5.56 Å². The second kappa shape index (κ2) is 4.65. The average molecular weight is 218 g/mol. The Hall–Kier alpha value is -2.04. The third-order valence-electron chi connectivity index (χ3n) is 2.35. The zero-order valence-corrected chi connectivity index (χ0v) is 8.91. The Morgan fingerprint density at radius 2 is 2.06 bits per heavy atom. The van der Waals surface area contributed by atoms with E-state index in [0.29, 0.717) is 12.4 Å². The molecule has 0 amide bonds. The Morgan fingerprint density at radius 1 is 1.19 bits per heavy atom. The largest absolute Gasteiger partial charge is 0.382 e. The van der Waals surface area contributed by atoms with Gasteiger partial charge in [0.2, 0.25) is 5.56 Å². The number of nitrogen functional groups attached to an aromatic ring is 1. The minimum atomic E-state index is 0.0301. The van der Waals surface area contributed by atoms with Crippen molar-refractivity contribution in [2.75, 3.05) is 5.73 Å². The molecule has 2 N–H and O–H groups in total. The van der Waals surface area contributed by atoms with E-state index in [1.54, 1.807) is 33.6 Å². The van der Waals surface area contributed by atoms with E-state index in [9.17, 15) is 4.79 Å². The van der Waals surface area contributed by atoms with E-state index < -0.39 is 0 Å². The Balaban J connectivity index is 1.89. The molecular weight excluding hydrogens is 204 g/mol. The van der Waals surface area contributed by atoms with Gasteiger partial charge in [-0.15, -0.1) is 0 Å². The molecule has 2 rings (SSSR count). The molecule has 0 aliphatic rings. The lowest BCUT2D eigenvalue weighted by Crippen LogP contribution is -2.18. The molecule has 0 unspecified atom stereocenters. The summed E-state index contributed by atoms with van der Waals surface area (Å²) in [6, 6.07) is 6.92. The van der Waals surface area contributed by atoms with Gasteiger partial charge in [-0.05, 0) is 18.6 Å². The van der Waals surface area contributed by atoms with Crippen molar-refractivity contribution in [1.82, 2.24) is 14.3 Å². The van der Waals surface area contributed by atoms with E-state index in [2.05, 4.69) is 5.10 Å². The SMILES string of the molecule is Nc1ccn(CCCn2ccccc2=O)n1. The number of hydrogen-bond acceptors (Lipinski definition) is 3. The molecule has 2 heterocycles. The molecule has 16 heavy (non-hydrogen) atoms. The number of rotatable bonds is 4. The zero-order chi connectivity index (χ0) is 11.4. The molecule has 0 spiro atoms. The summed E-state index contributed by atoms with van der Waals surface area (Å²) in [7, 11) is 0. The summed E-state index contributed by atoms with van der Waals surface area (Å²) in [6.45, 7) is 1.46. The normalized spacial score (nSPS) is 10.5. The van der Waals surface area contributed by atoms with Crippen molar-refractivity contribution in [2.24, 2.45) is 0 Å². The minimum Gasteiger partial charge on any atom is -0.382 e. The van der Waals surface area contributed by atoms with E-state index in [0.717, 1.165) is 13.0 Å². The Morgan fingerprint density at radius 3 is 2.75 bits per heavy atom. The van der Waals surface area contributed by atoms with Gasteiger partial charge in [-0.3, -0.25) is 9.48 Å². The number of aryl methyl sites for hydroxylation is 2. The number of nitrogens with two attached hydrogens (primary N) is 1. The summed E-state index contributed by atoms with van der Waals surface area (Å²) in [5.74, 6) is 0.525. The maximum Gasteiger partial charge on any atom is 0.250 e. The molecule has 0 saturated heterocycles. The number of anilines is 1. The topological polar surface area (TPSA) is 65.8 Å². The Labute approximate surface area is 93.1 Å². The van der Waals surface area contributed by atoms with Crippen molar-refractivity contribution in [1.29, 1.82) is 0 Å². The lowest BCUT2D eigenvalue weighted by atomic mass is 10.4. The number of pyridine rings is 1. The van der Waals surface area contributed by atoms with Gasteiger partial charge in [0.05, 0.1) is 0 Å². The van der Waals surface area contributed by atoms with Crippen molar-refractivity contribution in [3.63, 3.8) is 0 Å². The molecule has 0 aliphatic heterocycles. The maximum atomic E-state index is 11.4. The van der Waals surface area contributed by atoms with Crippen molar-refractivity contribution in [3.8, 4) is 0 Å². The summed E-state index contributed by atoms with van der Waals surface area (Å²) in [4.78, 5) is 11.4. The van der Waals surface area contributed by atoms with Crippen LogP contribution in [-0.2, 0) is 13.1 Å². The predicted octanol–water partition coefficient (Wildman–Crippen LogP) is 0.717. The van der Waals surface area contributed by atoms with Crippen LogP contribution in [0.4, 0.5) is 5.82 Å². The van der Waals surface area contributed by atoms with Gasteiger partial charge in [0.1, 0.15) is 5.82 Å². The number of aromatic nitrogens is 3. The van der Waals surface area contributed by atoms with Crippen LogP contribution < -0.4 is 11.3 Å². The van der Waals surface area contributed by atoms with Crippen LogP contribution in [0.15, 0.2) is 41.5 Å². The minimum absolute atomic E-state index is 0.0301. The summed E-state index contributed by atoms with van der Waals surface area (Å²) < 4.78 is 3.47. The van der Waals surface area contributed by atoms with Gasteiger partial charge in [-0.1, -0.05) is 6.07 Å². The fourth-order valence-corrected chi connectivity index (χ4v) is 1.55. The van der Waals surface area contributed by atoms with Crippen LogP contribution in [0.5, 0.6) is 0 Å². The van der Waals surface area contributed by atoms with Crippen LogP contribution in [0.25, 0.3) is 0 Å². The summed E-state index contributed by atoms with van der Waals surface area (Å²) in [5.41, 5.74) is 5.53. The van der Waals surface area contributed by atoms with E-state index in [1.165, 1.54) is 0 Å². The fraction of sp³-hybridized carbons (Fsp3) is 0.273. The summed E-state index contributed by atoms with van der Waals surface area (Å²) >= 11 is 0. The first-order valence-electron chi connectivity index (χ1n) is 5.20. The highest BCUT2D eigenvalue weighted by Gasteiger charge is 1.96. The molecule has 2 aromatic rings. The van der Waals surface area contributed by atoms with Gasteiger partial charge in [-0.25, -0.2) is 0 Å². The fourth-order valence-electron chi connectivity index (χ4n) is 1.55. The number of nitrogens with zero attached hydrogens (tertiary/aromatic N) is 3. The highest BCUT2D eigenvalue weighted by atomic mass is 16.1. The molecule has 5 heteroatoms. The van der Waals surface area contributed by atoms with Gasteiger partial charge >= 0.3 is 0 Å². The molecule has 0 bridgehead atoms. The van der Waals surface area contributed by atoms with Crippen molar-refractivity contribution >= 4 is 5.82 Å². The molecule has 0 fully saturated rings. The second-order valence-electron chi connectivity index (χ2n) is 3.59. The molecule has 84 valence electrons. The lowest BCUT2D eigenvalue weighted by molar-refractivity contribution is 0.521. The Bertz CT molecular complexity index is 514. The molecule has 0 aromatic carbocycles. The van der Waals surface area contributed by atoms with E-state index in [4.69, 9.17) is 5.73 Å². The second-order valence-corrected chi connectivity index (χ2v) is 3.59. The lowest BCUT2D eigenvalue weighted by Gasteiger charge is -2.04. The summed E-state index contributed by atoms with van der Waals surface area (Å²) in [5, 5.41) is 4.07. The predicted molar refractivity (Wildman–Crippen MR) is 62.0 cm³/mol. The Kier molecular flexibility index (Phi) is 3.05. The first-order valence-corrected chi connectivity index (χ1v) is 5.20. The van der Waals surface area contributed by atoms with Crippen LogP contribution in [0.2, 0.25) is 0 Å².